The van der Waals surface area contributed by atoms with Crippen molar-refractivity contribution in [2.24, 2.45) is 0 Å². The Morgan fingerprint density at radius 2 is 1.79 bits per heavy atom. The topological polar surface area (TPSA) is 85.6 Å². The number of carbonyl (C=O) groups excluding carboxylic acids is 2. The van der Waals surface area contributed by atoms with E-state index in [4.69, 9.17) is 4.42 Å². The molecule has 0 radical (unpaired) electrons. The second-order valence-corrected chi connectivity index (χ2v) is 5.01. The normalized spacial score (nSPS) is 10.4. The van der Waals surface area contributed by atoms with Crippen LogP contribution in [0.15, 0.2) is 63.8 Å². The first-order valence-electron chi connectivity index (χ1n) is 7.11. The SMILES string of the molecule is COC(=O)C(=O)Nc1ccc2cc(-c3ccccc3)c(=O)oc2c1. The van der Waals surface area contributed by atoms with Crippen LogP contribution in [0.2, 0.25) is 0 Å². The smallest absolute Gasteiger partial charge is 0.396 e. The number of esters is 1. The van der Waals surface area contributed by atoms with Crippen LogP contribution in [0.3, 0.4) is 0 Å². The molecule has 0 bridgehead atoms. The summed E-state index contributed by atoms with van der Waals surface area (Å²) in [5.41, 5.74) is 1.37. The van der Waals surface area contributed by atoms with Crippen molar-refractivity contribution in [1.29, 1.82) is 0 Å². The molecule has 0 aliphatic carbocycles. The van der Waals surface area contributed by atoms with Crippen LogP contribution in [0.1, 0.15) is 0 Å². The average molecular weight is 323 g/mol. The zero-order chi connectivity index (χ0) is 17.1. The third kappa shape index (κ3) is 3.03. The molecule has 3 aromatic rings. The highest BCUT2D eigenvalue weighted by Gasteiger charge is 2.14. The van der Waals surface area contributed by atoms with Gasteiger partial charge in [-0.1, -0.05) is 30.3 Å². The van der Waals surface area contributed by atoms with Crippen LogP contribution in [-0.2, 0) is 14.3 Å². The number of methoxy groups -OCH3 is 1. The van der Waals surface area contributed by atoms with Gasteiger partial charge in [0.1, 0.15) is 5.58 Å². The summed E-state index contributed by atoms with van der Waals surface area (Å²) in [6.07, 6.45) is 0. The van der Waals surface area contributed by atoms with Crippen molar-refractivity contribution in [3.63, 3.8) is 0 Å². The molecule has 120 valence electrons. The summed E-state index contributed by atoms with van der Waals surface area (Å²) in [4.78, 5) is 34.8. The lowest BCUT2D eigenvalue weighted by atomic mass is 10.1. The van der Waals surface area contributed by atoms with E-state index in [-0.39, 0.29) is 0 Å². The highest BCUT2D eigenvalue weighted by Crippen LogP contribution is 2.23. The van der Waals surface area contributed by atoms with Gasteiger partial charge >= 0.3 is 17.5 Å². The van der Waals surface area contributed by atoms with E-state index >= 15 is 0 Å². The molecule has 0 unspecified atom stereocenters. The van der Waals surface area contributed by atoms with Gasteiger partial charge in [0.2, 0.25) is 0 Å². The van der Waals surface area contributed by atoms with Crippen molar-refractivity contribution in [3.05, 3.63) is 65.0 Å². The first kappa shape index (κ1) is 15.5. The Hall–Kier alpha value is -3.41. The van der Waals surface area contributed by atoms with E-state index in [0.29, 0.717) is 22.2 Å². The van der Waals surface area contributed by atoms with Crippen molar-refractivity contribution in [2.75, 3.05) is 12.4 Å². The standard InChI is InChI=1S/C18H13NO5/c1-23-18(22)16(20)19-13-8-7-12-9-14(11-5-3-2-4-6-11)17(21)24-15(12)10-13/h2-10H,1H3,(H,19,20). The molecule has 0 aliphatic heterocycles. The maximum Gasteiger partial charge on any atom is 0.396 e. The van der Waals surface area contributed by atoms with Gasteiger partial charge in [0.15, 0.2) is 0 Å². The van der Waals surface area contributed by atoms with Crippen molar-refractivity contribution in [3.8, 4) is 11.1 Å². The summed E-state index contributed by atoms with van der Waals surface area (Å²) < 4.78 is 9.66. The van der Waals surface area contributed by atoms with Crippen molar-refractivity contribution in [2.45, 2.75) is 0 Å². The number of hydrogen-bond donors (Lipinski definition) is 1. The Balaban J connectivity index is 1.99. The van der Waals surface area contributed by atoms with Gasteiger partial charge in [0, 0.05) is 17.1 Å². The first-order valence-corrected chi connectivity index (χ1v) is 7.11. The van der Waals surface area contributed by atoms with Gasteiger partial charge in [-0.2, -0.15) is 0 Å². The molecule has 0 fully saturated rings. The van der Waals surface area contributed by atoms with Crippen LogP contribution in [-0.4, -0.2) is 19.0 Å². The lowest BCUT2D eigenvalue weighted by Gasteiger charge is -2.06. The first-order chi connectivity index (χ1) is 11.6. The van der Waals surface area contributed by atoms with Crippen molar-refractivity contribution in [1.82, 2.24) is 0 Å². The number of ether oxygens (including phenoxy) is 1. The van der Waals surface area contributed by atoms with Crippen LogP contribution in [0, 0.1) is 0 Å². The minimum absolute atomic E-state index is 0.308. The summed E-state index contributed by atoms with van der Waals surface area (Å²) >= 11 is 0. The Morgan fingerprint density at radius 3 is 2.50 bits per heavy atom. The predicted octanol–water partition coefficient (Wildman–Crippen LogP) is 2.57. The summed E-state index contributed by atoms with van der Waals surface area (Å²) in [6, 6.07) is 15.7. The Kier molecular flexibility index (Phi) is 4.11. The zero-order valence-corrected chi connectivity index (χ0v) is 12.7. The molecule has 0 atom stereocenters. The van der Waals surface area contributed by atoms with Gasteiger partial charge in [0.05, 0.1) is 12.7 Å². The van der Waals surface area contributed by atoms with Gasteiger partial charge in [-0.15, -0.1) is 0 Å². The minimum Gasteiger partial charge on any atom is -0.462 e. The van der Waals surface area contributed by atoms with Crippen LogP contribution in [0.4, 0.5) is 5.69 Å². The molecule has 0 saturated heterocycles. The number of carbonyl (C=O) groups is 2. The average Bonchev–Trinajstić information content (AvgIpc) is 2.61. The monoisotopic (exact) mass is 323 g/mol. The highest BCUT2D eigenvalue weighted by atomic mass is 16.5. The van der Waals surface area contributed by atoms with E-state index in [2.05, 4.69) is 10.1 Å². The van der Waals surface area contributed by atoms with Gasteiger partial charge in [-0.25, -0.2) is 9.59 Å². The van der Waals surface area contributed by atoms with E-state index in [9.17, 15) is 14.4 Å². The van der Waals surface area contributed by atoms with Gasteiger partial charge in [-0.3, -0.25) is 4.79 Å². The van der Waals surface area contributed by atoms with E-state index in [0.717, 1.165) is 12.7 Å². The molecule has 0 spiro atoms. The maximum atomic E-state index is 12.2. The largest absolute Gasteiger partial charge is 0.462 e. The second kappa shape index (κ2) is 6.37. The lowest BCUT2D eigenvalue weighted by molar-refractivity contribution is -0.150. The van der Waals surface area contributed by atoms with E-state index in [1.165, 1.54) is 6.07 Å². The highest BCUT2D eigenvalue weighted by molar-refractivity contribution is 6.37. The van der Waals surface area contributed by atoms with Crippen LogP contribution in [0.25, 0.3) is 22.1 Å². The molecule has 2 aromatic carbocycles. The Morgan fingerprint density at radius 1 is 1.04 bits per heavy atom. The van der Waals surface area contributed by atoms with Gasteiger partial charge in [-0.05, 0) is 23.8 Å². The summed E-state index contributed by atoms with van der Waals surface area (Å²) in [5.74, 6) is -1.91. The van der Waals surface area contributed by atoms with Gasteiger partial charge in [0.25, 0.3) is 0 Å². The number of hydrogen-bond acceptors (Lipinski definition) is 5. The molecule has 1 amide bonds. The fourth-order valence-corrected chi connectivity index (χ4v) is 2.28. The van der Waals surface area contributed by atoms with Crippen molar-refractivity contribution >= 4 is 28.5 Å². The second-order valence-electron chi connectivity index (χ2n) is 5.01. The van der Waals surface area contributed by atoms with Gasteiger partial charge < -0.3 is 14.5 Å². The third-order valence-electron chi connectivity index (χ3n) is 3.45. The molecule has 1 heterocycles. The summed E-state index contributed by atoms with van der Waals surface area (Å²) in [5, 5.41) is 3.07. The molecular formula is C18H13NO5. The van der Waals surface area contributed by atoms with Crippen molar-refractivity contribution < 1.29 is 18.7 Å². The lowest BCUT2D eigenvalue weighted by Crippen LogP contribution is -2.23. The Bertz CT molecular complexity index is 976. The van der Waals surface area contributed by atoms with Crippen LogP contribution < -0.4 is 10.9 Å². The van der Waals surface area contributed by atoms with Crippen LogP contribution >= 0.6 is 0 Å². The number of rotatable bonds is 2. The molecule has 6 nitrogen and oxygen atoms in total. The maximum absolute atomic E-state index is 12.2. The fourth-order valence-electron chi connectivity index (χ4n) is 2.28. The molecule has 24 heavy (non-hydrogen) atoms. The van der Waals surface area contributed by atoms with E-state index < -0.39 is 17.5 Å². The Labute approximate surface area is 136 Å². The molecule has 6 heteroatoms. The summed E-state index contributed by atoms with van der Waals surface area (Å²) in [6.45, 7) is 0. The number of benzene rings is 2. The molecule has 1 N–H and O–H groups in total. The number of amides is 1. The zero-order valence-electron chi connectivity index (χ0n) is 12.7. The number of anilines is 1. The summed E-state index contributed by atoms with van der Waals surface area (Å²) in [7, 11) is 1.12. The minimum atomic E-state index is -1.00. The predicted molar refractivity (Wildman–Crippen MR) is 88.6 cm³/mol. The fraction of sp³-hybridized carbons (Fsp3) is 0.0556. The number of nitrogens with one attached hydrogen (secondary N) is 1. The quantitative estimate of drug-likeness (QED) is 0.445. The number of fused-ring (bicyclic) bond motifs is 1. The molecule has 0 aliphatic rings. The third-order valence-corrected chi connectivity index (χ3v) is 3.45. The molecular weight excluding hydrogens is 310 g/mol. The molecule has 3 rings (SSSR count). The van der Waals surface area contributed by atoms with Crippen LogP contribution in [0.5, 0.6) is 0 Å². The van der Waals surface area contributed by atoms with E-state index in [1.54, 1.807) is 18.2 Å². The molecule has 1 aromatic heterocycles. The van der Waals surface area contributed by atoms with E-state index in [1.807, 2.05) is 30.3 Å². The molecule has 0 saturated carbocycles.